The minimum Gasteiger partial charge on any atom is -0.473 e. The summed E-state index contributed by atoms with van der Waals surface area (Å²) in [7, 11) is 0. The van der Waals surface area contributed by atoms with Gasteiger partial charge in [-0.2, -0.15) is 0 Å². The molecule has 5 nitrogen and oxygen atoms in total. The van der Waals surface area contributed by atoms with Gasteiger partial charge < -0.3 is 14.0 Å². The van der Waals surface area contributed by atoms with Crippen LogP contribution >= 0.6 is 11.6 Å². The maximum atomic E-state index is 14.1. The lowest BCUT2D eigenvalue weighted by Gasteiger charge is -2.14. The van der Waals surface area contributed by atoms with Crippen LogP contribution in [-0.2, 0) is 24.3 Å². The predicted molar refractivity (Wildman–Crippen MR) is 147 cm³/mol. The Labute approximate surface area is 225 Å². The van der Waals surface area contributed by atoms with Crippen LogP contribution in [0.1, 0.15) is 29.8 Å². The van der Waals surface area contributed by atoms with E-state index >= 15 is 0 Å². The third-order valence-corrected chi connectivity index (χ3v) is 7.11. The topological polar surface area (TPSA) is 49.2 Å². The number of para-hydroxylation sites is 2. The minimum atomic E-state index is -0.395. The second-order valence-corrected chi connectivity index (χ2v) is 9.96. The molecule has 5 aromatic rings. The van der Waals surface area contributed by atoms with Crippen LogP contribution in [0.15, 0.2) is 84.9 Å². The number of pyridine rings is 1. The van der Waals surface area contributed by atoms with Crippen molar-refractivity contribution in [2.75, 3.05) is 6.61 Å². The van der Waals surface area contributed by atoms with Gasteiger partial charge in [-0.3, -0.25) is 0 Å². The Morgan fingerprint density at radius 2 is 1.84 bits per heavy atom. The van der Waals surface area contributed by atoms with E-state index < -0.39 is 5.82 Å². The number of hydrogen-bond acceptors (Lipinski definition) is 4. The lowest BCUT2D eigenvalue weighted by atomic mass is 10.1. The molecule has 38 heavy (non-hydrogen) atoms. The first-order chi connectivity index (χ1) is 18.6. The number of aromatic nitrogens is 3. The molecule has 0 amide bonds. The zero-order valence-corrected chi connectivity index (χ0v) is 21.6. The molecule has 1 aliphatic rings. The molecule has 0 aliphatic carbocycles. The summed E-state index contributed by atoms with van der Waals surface area (Å²) in [5.41, 5.74) is 5.52. The zero-order valence-electron chi connectivity index (χ0n) is 20.8. The van der Waals surface area contributed by atoms with Crippen LogP contribution < -0.4 is 4.74 Å². The number of rotatable bonds is 8. The molecule has 6 rings (SSSR count). The molecule has 1 atom stereocenters. The molecule has 1 fully saturated rings. The third-order valence-electron chi connectivity index (χ3n) is 6.87. The Hall–Kier alpha value is -3.74. The van der Waals surface area contributed by atoms with Gasteiger partial charge in [-0.15, -0.1) is 0 Å². The van der Waals surface area contributed by atoms with E-state index in [1.54, 1.807) is 18.2 Å². The number of ether oxygens (including phenoxy) is 2. The van der Waals surface area contributed by atoms with E-state index in [-0.39, 0.29) is 12.7 Å². The van der Waals surface area contributed by atoms with E-state index in [4.69, 9.17) is 26.1 Å². The largest absolute Gasteiger partial charge is 0.473 e. The molecule has 192 valence electrons. The van der Waals surface area contributed by atoms with Crippen molar-refractivity contribution in [3.05, 3.63) is 113 Å². The molecule has 0 radical (unpaired) electrons. The summed E-state index contributed by atoms with van der Waals surface area (Å²) in [4.78, 5) is 9.56. The van der Waals surface area contributed by atoms with Gasteiger partial charge in [0.15, 0.2) is 0 Å². The van der Waals surface area contributed by atoms with Crippen molar-refractivity contribution in [3.63, 3.8) is 0 Å². The summed E-state index contributed by atoms with van der Waals surface area (Å²) in [5.74, 6) is 1.08. The first kappa shape index (κ1) is 24.6. The normalized spacial score (nSPS) is 15.3. The number of nitrogens with zero attached hydrogens (tertiary/aromatic N) is 3. The van der Waals surface area contributed by atoms with Crippen molar-refractivity contribution in [1.29, 1.82) is 0 Å². The van der Waals surface area contributed by atoms with Crippen LogP contribution in [-0.4, -0.2) is 27.2 Å². The predicted octanol–water partition coefficient (Wildman–Crippen LogP) is 7.24. The van der Waals surface area contributed by atoms with Gasteiger partial charge in [0, 0.05) is 35.2 Å². The number of imidazole rings is 1. The number of halogens is 2. The van der Waals surface area contributed by atoms with Crippen LogP contribution in [0.4, 0.5) is 4.39 Å². The van der Waals surface area contributed by atoms with Gasteiger partial charge in [0.2, 0.25) is 5.88 Å². The first-order valence-corrected chi connectivity index (χ1v) is 13.2. The molecular formula is C31H27ClFN3O2. The number of fused-ring (bicyclic) bond motifs is 1. The monoisotopic (exact) mass is 527 g/mol. The highest BCUT2D eigenvalue weighted by Crippen LogP contribution is 2.25. The van der Waals surface area contributed by atoms with Gasteiger partial charge in [0.1, 0.15) is 18.2 Å². The van der Waals surface area contributed by atoms with Crippen LogP contribution in [0, 0.1) is 5.82 Å². The maximum Gasteiger partial charge on any atom is 0.214 e. The summed E-state index contributed by atoms with van der Waals surface area (Å²) in [5, 5.41) is 0.356. The summed E-state index contributed by atoms with van der Waals surface area (Å²) < 4.78 is 28.1. The van der Waals surface area contributed by atoms with Gasteiger partial charge in [-0.1, -0.05) is 60.1 Å². The van der Waals surface area contributed by atoms with Gasteiger partial charge in [0.05, 0.1) is 29.4 Å². The first-order valence-electron chi connectivity index (χ1n) is 12.8. The van der Waals surface area contributed by atoms with E-state index in [1.165, 1.54) is 11.6 Å². The summed E-state index contributed by atoms with van der Waals surface area (Å²) in [6.07, 6.45) is 3.17. The molecule has 1 saturated heterocycles. The van der Waals surface area contributed by atoms with Crippen LogP contribution in [0.2, 0.25) is 5.02 Å². The highest BCUT2D eigenvalue weighted by atomic mass is 35.5. The van der Waals surface area contributed by atoms with Gasteiger partial charge >= 0.3 is 0 Å². The molecular weight excluding hydrogens is 501 g/mol. The fourth-order valence-corrected chi connectivity index (χ4v) is 5.04. The molecule has 0 N–H and O–H groups in total. The molecule has 1 unspecified atom stereocenters. The number of benzene rings is 3. The minimum absolute atomic E-state index is 0.0747. The Kier molecular flexibility index (Phi) is 7.08. The molecule has 2 aromatic heterocycles. The fourth-order valence-electron chi connectivity index (χ4n) is 4.88. The van der Waals surface area contributed by atoms with Gasteiger partial charge in [-0.05, 0) is 48.7 Å². The fraction of sp³-hybridized carbons (Fsp3) is 0.226. The average Bonchev–Trinajstić information content (AvgIpc) is 3.57. The van der Waals surface area contributed by atoms with Crippen molar-refractivity contribution in [3.8, 4) is 17.1 Å². The third kappa shape index (κ3) is 5.42. The average molecular weight is 528 g/mol. The van der Waals surface area contributed by atoms with Gasteiger partial charge in [0.25, 0.3) is 0 Å². The Balaban J connectivity index is 1.18. The second kappa shape index (κ2) is 10.9. The maximum absolute atomic E-state index is 14.1. The molecule has 7 heteroatoms. The van der Waals surface area contributed by atoms with Gasteiger partial charge in [-0.25, -0.2) is 14.4 Å². The van der Waals surface area contributed by atoms with Crippen LogP contribution in [0.25, 0.3) is 22.3 Å². The summed E-state index contributed by atoms with van der Waals surface area (Å²) in [6, 6.07) is 26.8. The number of hydrogen-bond donors (Lipinski definition) is 0. The lowest BCUT2D eigenvalue weighted by molar-refractivity contribution is 0.0973. The molecule has 0 saturated carbocycles. The molecule has 0 spiro atoms. The van der Waals surface area contributed by atoms with Crippen molar-refractivity contribution in [2.45, 2.75) is 38.5 Å². The Morgan fingerprint density at radius 3 is 2.66 bits per heavy atom. The van der Waals surface area contributed by atoms with E-state index in [2.05, 4.69) is 52.0 Å². The quantitative estimate of drug-likeness (QED) is 0.213. The summed E-state index contributed by atoms with van der Waals surface area (Å²) >= 11 is 5.84. The Morgan fingerprint density at radius 1 is 0.974 bits per heavy atom. The standard InChI is InChI=1S/C31H27ClFN3O2/c32-24-15-14-23(26(33)18-24)20-38-31-9-3-7-27(35-31)22-12-10-21(11-13-22)17-30-34-28-6-1-2-8-29(28)36(30)19-25-5-4-16-37-25/h1-3,6-15,18,25H,4-5,16-17,19-20H2. The SMILES string of the molecule is Fc1cc(Cl)ccc1COc1cccc(-c2ccc(Cc3nc4ccccc4n3CC3CCCO3)cc2)n1. The molecule has 3 heterocycles. The van der Waals surface area contributed by atoms with Crippen molar-refractivity contribution < 1.29 is 13.9 Å². The van der Waals surface area contributed by atoms with E-state index in [0.29, 0.717) is 16.5 Å². The molecule has 3 aromatic carbocycles. The highest BCUT2D eigenvalue weighted by molar-refractivity contribution is 6.30. The highest BCUT2D eigenvalue weighted by Gasteiger charge is 2.20. The van der Waals surface area contributed by atoms with Crippen molar-refractivity contribution in [1.82, 2.24) is 14.5 Å². The van der Waals surface area contributed by atoms with E-state index in [1.807, 2.05) is 18.2 Å². The van der Waals surface area contributed by atoms with Crippen LogP contribution in [0.5, 0.6) is 5.88 Å². The van der Waals surface area contributed by atoms with Crippen LogP contribution in [0.3, 0.4) is 0 Å². The molecule has 1 aliphatic heterocycles. The second-order valence-electron chi connectivity index (χ2n) is 9.52. The van der Waals surface area contributed by atoms with E-state index in [9.17, 15) is 4.39 Å². The smallest absolute Gasteiger partial charge is 0.214 e. The van der Waals surface area contributed by atoms with E-state index in [0.717, 1.165) is 60.5 Å². The van der Waals surface area contributed by atoms with Crippen molar-refractivity contribution >= 4 is 22.6 Å². The Bertz CT molecular complexity index is 1560. The lowest BCUT2D eigenvalue weighted by Crippen LogP contribution is -2.17. The summed E-state index contributed by atoms with van der Waals surface area (Å²) in [6.45, 7) is 1.74. The molecule has 0 bridgehead atoms. The van der Waals surface area contributed by atoms with Crippen molar-refractivity contribution in [2.24, 2.45) is 0 Å². The zero-order chi connectivity index (χ0) is 25.9.